The number of rotatable bonds is 7. The van der Waals surface area contributed by atoms with Crippen LogP contribution in [0.15, 0.2) is 60.7 Å². The molecule has 0 bridgehead atoms. The number of nitrogens with one attached hydrogen (secondary N) is 1. The van der Waals surface area contributed by atoms with E-state index in [2.05, 4.69) is 17.4 Å². The number of methoxy groups -OCH3 is 1. The van der Waals surface area contributed by atoms with Crippen LogP contribution in [0.1, 0.15) is 19.4 Å². The van der Waals surface area contributed by atoms with Crippen LogP contribution in [-0.2, 0) is 15.3 Å². The maximum Gasteiger partial charge on any atom is 0.240 e. The van der Waals surface area contributed by atoms with E-state index in [0.717, 1.165) is 11.4 Å². The summed E-state index contributed by atoms with van der Waals surface area (Å²) < 4.78 is 5.57. The summed E-state index contributed by atoms with van der Waals surface area (Å²) in [6, 6.07) is 19.7. The fourth-order valence-corrected chi connectivity index (χ4v) is 3.44. The number of anilines is 1. The summed E-state index contributed by atoms with van der Waals surface area (Å²) in [7, 11) is 1.64. The number of thioether (sulfide) groups is 1. The third kappa shape index (κ3) is 5.12. The maximum absolute atomic E-state index is 12.7. The Morgan fingerprint density at radius 2 is 1.65 bits per heavy atom. The number of carbonyl (C=O) groups is 1. The number of amides is 1. The topological polar surface area (TPSA) is 38.3 Å². The first-order chi connectivity index (χ1) is 11.0. The van der Waals surface area contributed by atoms with Gasteiger partial charge in [0.25, 0.3) is 0 Å². The van der Waals surface area contributed by atoms with Crippen LogP contribution in [0.25, 0.3) is 0 Å². The van der Waals surface area contributed by atoms with Crippen molar-refractivity contribution < 1.29 is 9.53 Å². The van der Waals surface area contributed by atoms with Crippen molar-refractivity contribution >= 4 is 23.4 Å². The summed E-state index contributed by atoms with van der Waals surface area (Å²) in [6.07, 6.45) is 0. The Morgan fingerprint density at radius 1 is 1.09 bits per heavy atom. The van der Waals surface area contributed by atoms with Crippen molar-refractivity contribution in [2.45, 2.75) is 30.5 Å². The molecule has 0 saturated carbocycles. The molecule has 3 nitrogen and oxygen atoms in total. The van der Waals surface area contributed by atoms with Gasteiger partial charge in [0.05, 0.1) is 5.60 Å². The number of carbonyl (C=O) groups excluding carboxylic acids is 1. The van der Waals surface area contributed by atoms with E-state index in [4.69, 9.17) is 4.74 Å². The summed E-state index contributed by atoms with van der Waals surface area (Å²) in [6.45, 7) is 3.89. The number of hydrogen-bond donors (Lipinski definition) is 1. The second-order valence-corrected chi connectivity index (χ2v) is 6.93. The van der Waals surface area contributed by atoms with Crippen LogP contribution in [-0.4, -0.2) is 23.9 Å². The van der Waals surface area contributed by atoms with Gasteiger partial charge in [-0.15, -0.1) is 11.8 Å². The Balaban J connectivity index is 2.09. The SMILES string of the molecule is COC(C)(C)C(SCc1ccccc1)C(=O)Nc1ccccc1. The molecule has 1 N–H and O–H groups in total. The smallest absolute Gasteiger partial charge is 0.240 e. The van der Waals surface area contributed by atoms with Crippen LogP contribution in [0.5, 0.6) is 0 Å². The van der Waals surface area contributed by atoms with Crippen molar-refractivity contribution in [3.05, 3.63) is 66.2 Å². The summed E-state index contributed by atoms with van der Waals surface area (Å²) in [4.78, 5) is 12.7. The Morgan fingerprint density at radius 3 is 2.22 bits per heavy atom. The molecule has 2 aromatic rings. The molecule has 1 atom stereocenters. The highest BCUT2D eigenvalue weighted by molar-refractivity contribution is 8.00. The van der Waals surface area contributed by atoms with Crippen LogP contribution in [0.4, 0.5) is 5.69 Å². The van der Waals surface area contributed by atoms with Gasteiger partial charge in [0.2, 0.25) is 5.91 Å². The zero-order valence-corrected chi connectivity index (χ0v) is 14.6. The molecule has 0 radical (unpaired) electrons. The van der Waals surface area contributed by atoms with Gasteiger partial charge in [-0.25, -0.2) is 0 Å². The zero-order valence-electron chi connectivity index (χ0n) is 13.8. The van der Waals surface area contributed by atoms with Crippen LogP contribution in [0.3, 0.4) is 0 Å². The molecule has 1 amide bonds. The number of para-hydroxylation sites is 1. The van der Waals surface area contributed by atoms with Gasteiger partial charge >= 0.3 is 0 Å². The molecule has 0 aromatic heterocycles. The summed E-state index contributed by atoms with van der Waals surface area (Å²) in [5.41, 5.74) is 1.44. The Bertz CT molecular complexity index is 614. The van der Waals surface area contributed by atoms with Crippen molar-refractivity contribution in [1.82, 2.24) is 0 Å². The van der Waals surface area contributed by atoms with Gasteiger partial charge in [0.15, 0.2) is 0 Å². The molecule has 23 heavy (non-hydrogen) atoms. The first-order valence-electron chi connectivity index (χ1n) is 7.59. The molecule has 122 valence electrons. The van der Waals surface area contributed by atoms with Crippen molar-refractivity contribution in [2.75, 3.05) is 12.4 Å². The summed E-state index contributed by atoms with van der Waals surface area (Å²) in [5, 5.41) is 2.67. The lowest BCUT2D eigenvalue weighted by molar-refractivity contribution is -0.120. The molecular weight excluding hydrogens is 306 g/mol. The van der Waals surface area contributed by atoms with Crippen molar-refractivity contribution in [2.24, 2.45) is 0 Å². The molecule has 0 heterocycles. The molecular formula is C19H23NO2S. The van der Waals surface area contributed by atoms with E-state index in [1.54, 1.807) is 18.9 Å². The van der Waals surface area contributed by atoms with Crippen molar-refractivity contribution in [1.29, 1.82) is 0 Å². The lowest BCUT2D eigenvalue weighted by atomic mass is 10.0. The normalized spacial score (nSPS) is 12.7. The minimum atomic E-state index is -0.557. The molecule has 2 rings (SSSR count). The fraction of sp³-hybridized carbons (Fsp3) is 0.316. The molecule has 0 fully saturated rings. The van der Waals surface area contributed by atoms with Gasteiger partial charge < -0.3 is 10.1 Å². The number of benzene rings is 2. The maximum atomic E-state index is 12.7. The Hall–Kier alpha value is -1.78. The second-order valence-electron chi connectivity index (χ2n) is 5.84. The van der Waals surface area contributed by atoms with Crippen LogP contribution < -0.4 is 5.32 Å². The third-order valence-corrected chi connectivity index (χ3v) is 5.31. The van der Waals surface area contributed by atoms with E-state index in [9.17, 15) is 4.79 Å². The summed E-state index contributed by atoms with van der Waals surface area (Å²) in [5.74, 6) is 0.726. The average molecular weight is 329 g/mol. The highest BCUT2D eigenvalue weighted by atomic mass is 32.2. The highest BCUT2D eigenvalue weighted by Crippen LogP contribution is 2.30. The van der Waals surface area contributed by atoms with E-state index in [1.165, 1.54) is 5.56 Å². The van der Waals surface area contributed by atoms with Crippen molar-refractivity contribution in [3.8, 4) is 0 Å². The van der Waals surface area contributed by atoms with Crippen molar-refractivity contribution in [3.63, 3.8) is 0 Å². The lowest BCUT2D eigenvalue weighted by Gasteiger charge is -2.31. The average Bonchev–Trinajstić information content (AvgIpc) is 2.56. The molecule has 0 saturated heterocycles. The highest BCUT2D eigenvalue weighted by Gasteiger charge is 2.35. The largest absolute Gasteiger partial charge is 0.377 e. The minimum Gasteiger partial charge on any atom is -0.377 e. The van der Waals surface area contributed by atoms with Gasteiger partial charge in [0.1, 0.15) is 5.25 Å². The minimum absolute atomic E-state index is 0.0380. The first-order valence-corrected chi connectivity index (χ1v) is 8.64. The molecule has 0 aliphatic carbocycles. The summed E-state index contributed by atoms with van der Waals surface area (Å²) >= 11 is 1.60. The molecule has 2 aromatic carbocycles. The Labute approximate surface area is 142 Å². The quantitative estimate of drug-likeness (QED) is 0.820. The molecule has 0 aliphatic heterocycles. The van der Waals surface area contributed by atoms with Crippen LogP contribution in [0.2, 0.25) is 0 Å². The molecule has 0 spiro atoms. The van der Waals surface area contributed by atoms with Crippen LogP contribution >= 0.6 is 11.8 Å². The second kappa shape index (κ2) is 8.18. The number of hydrogen-bond acceptors (Lipinski definition) is 3. The molecule has 0 aliphatic rings. The van der Waals surface area contributed by atoms with Gasteiger partial charge in [-0.3, -0.25) is 4.79 Å². The van der Waals surface area contributed by atoms with Gasteiger partial charge in [-0.05, 0) is 31.5 Å². The van der Waals surface area contributed by atoms with E-state index in [0.29, 0.717) is 0 Å². The zero-order chi connectivity index (χ0) is 16.7. The standard InChI is InChI=1S/C19H23NO2S/c1-19(2,22-3)17(23-14-15-10-6-4-7-11-15)18(21)20-16-12-8-5-9-13-16/h4-13,17H,14H2,1-3H3,(H,20,21). The first kappa shape index (κ1) is 17.6. The van der Waals surface area contributed by atoms with E-state index < -0.39 is 5.60 Å². The third-order valence-electron chi connectivity index (χ3n) is 3.70. The Kier molecular flexibility index (Phi) is 6.25. The predicted molar refractivity (Wildman–Crippen MR) is 97.7 cm³/mol. The van der Waals surface area contributed by atoms with E-state index in [-0.39, 0.29) is 11.2 Å². The van der Waals surface area contributed by atoms with E-state index >= 15 is 0 Å². The lowest BCUT2D eigenvalue weighted by Crippen LogP contribution is -2.44. The van der Waals surface area contributed by atoms with Gasteiger partial charge in [-0.2, -0.15) is 0 Å². The molecule has 4 heteroatoms. The molecule has 1 unspecified atom stereocenters. The van der Waals surface area contributed by atoms with Gasteiger partial charge in [-0.1, -0.05) is 48.5 Å². The monoisotopic (exact) mass is 329 g/mol. The van der Waals surface area contributed by atoms with Crippen LogP contribution in [0, 0.1) is 0 Å². The predicted octanol–water partition coefficient (Wildman–Crippen LogP) is 4.35. The fourth-order valence-electron chi connectivity index (χ4n) is 2.18. The van der Waals surface area contributed by atoms with Gasteiger partial charge in [0, 0.05) is 18.6 Å². The number of ether oxygens (including phenoxy) is 1. The van der Waals surface area contributed by atoms with E-state index in [1.807, 2.05) is 62.4 Å².